The second-order valence-electron chi connectivity index (χ2n) is 5.97. The molecule has 1 aliphatic carbocycles. The van der Waals surface area contributed by atoms with E-state index in [-0.39, 0.29) is 17.3 Å². The van der Waals surface area contributed by atoms with Gasteiger partial charge in [-0.2, -0.15) is 0 Å². The summed E-state index contributed by atoms with van der Waals surface area (Å²) in [6.45, 7) is 2.01. The molecule has 0 spiro atoms. The highest BCUT2D eigenvalue weighted by atomic mass is 16.2. The lowest BCUT2D eigenvalue weighted by atomic mass is 9.99. The third-order valence-corrected chi connectivity index (χ3v) is 4.23. The minimum atomic E-state index is -0.391. The van der Waals surface area contributed by atoms with Gasteiger partial charge in [0.25, 0.3) is 5.91 Å². The highest BCUT2D eigenvalue weighted by Crippen LogP contribution is 2.33. The van der Waals surface area contributed by atoms with E-state index in [2.05, 4.69) is 5.32 Å². The van der Waals surface area contributed by atoms with Gasteiger partial charge in [0.2, 0.25) is 5.78 Å². The molecule has 25 heavy (non-hydrogen) atoms. The van der Waals surface area contributed by atoms with E-state index in [1.54, 1.807) is 48.5 Å². The van der Waals surface area contributed by atoms with Crippen molar-refractivity contribution >= 4 is 23.0 Å². The van der Waals surface area contributed by atoms with Gasteiger partial charge in [0.15, 0.2) is 5.78 Å². The van der Waals surface area contributed by atoms with Crippen LogP contribution < -0.4 is 5.32 Å². The number of hydrogen-bond donors (Lipinski definition) is 1. The quantitative estimate of drug-likeness (QED) is 0.875. The molecule has 0 saturated carbocycles. The zero-order valence-corrected chi connectivity index (χ0v) is 14.0. The van der Waals surface area contributed by atoms with Crippen molar-refractivity contribution in [3.05, 3.63) is 77.0 Å². The van der Waals surface area contributed by atoms with Crippen LogP contribution in [0.25, 0.3) is 5.57 Å². The second-order valence-corrected chi connectivity index (χ2v) is 5.97. The summed E-state index contributed by atoms with van der Waals surface area (Å²) in [5.41, 5.74) is 1.94. The first-order valence-electron chi connectivity index (χ1n) is 8.41. The van der Waals surface area contributed by atoms with Gasteiger partial charge >= 0.3 is 0 Å². The Balaban J connectivity index is 1.99. The molecular weight excluding hydrogens is 314 g/mol. The maximum atomic E-state index is 12.7. The Bertz CT molecular complexity index is 866. The summed E-state index contributed by atoms with van der Waals surface area (Å²) < 4.78 is 0. The fraction of sp³-hybridized carbons (Fsp3) is 0.190. The predicted molar refractivity (Wildman–Crippen MR) is 96.1 cm³/mol. The molecule has 3 rings (SSSR count). The molecule has 0 radical (unpaired) electrons. The van der Waals surface area contributed by atoms with Crippen LogP contribution in [0.2, 0.25) is 0 Å². The van der Waals surface area contributed by atoms with E-state index < -0.39 is 5.91 Å². The minimum absolute atomic E-state index is 0.0937. The normalized spacial score (nSPS) is 12.9. The first-order chi connectivity index (χ1) is 12.1. The topological polar surface area (TPSA) is 63.2 Å². The number of carbonyl (C=O) groups is 3. The number of nitrogens with one attached hydrogen (secondary N) is 1. The van der Waals surface area contributed by atoms with Crippen LogP contribution in [0, 0.1) is 0 Å². The van der Waals surface area contributed by atoms with Crippen LogP contribution in [0.1, 0.15) is 52.5 Å². The number of hydrogen-bond acceptors (Lipinski definition) is 3. The van der Waals surface area contributed by atoms with E-state index in [9.17, 15) is 14.4 Å². The number of allylic oxidation sites excluding steroid dienone is 2. The average molecular weight is 333 g/mol. The number of fused-ring (bicyclic) bond motifs is 1. The molecule has 0 unspecified atom stereocenters. The van der Waals surface area contributed by atoms with Gasteiger partial charge in [-0.3, -0.25) is 14.4 Å². The molecule has 1 N–H and O–H groups in total. The van der Waals surface area contributed by atoms with Crippen molar-refractivity contribution in [3.8, 4) is 0 Å². The van der Waals surface area contributed by atoms with Gasteiger partial charge in [-0.25, -0.2) is 0 Å². The van der Waals surface area contributed by atoms with E-state index in [0.29, 0.717) is 28.7 Å². The summed E-state index contributed by atoms with van der Waals surface area (Å²) in [6, 6.07) is 15.6. The summed E-state index contributed by atoms with van der Waals surface area (Å²) in [4.78, 5) is 37.9. The van der Waals surface area contributed by atoms with Crippen LogP contribution in [0.3, 0.4) is 0 Å². The summed E-state index contributed by atoms with van der Waals surface area (Å²) in [6.07, 6.45) is 2.00. The third kappa shape index (κ3) is 3.29. The van der Waals surface area contributed by atoms with E-state index >= 15 is 0 Å². The van der Waals surface area contributed by atoms with Gasteiger partial charge in [0.1, 0.15) is 5.70 Å². The largest absolute Gasteiger partial charge is 0.318 e. The summed E-state index contributed by atoms with van der Waals surface area (Å²) in [5, 5.41) is 2.67. The van der Waals surface area contributed by atoms with Crippen LogP contribution >= 0.6 is 0 Å². The van der Waals surface area contributed by atoms with Crippen LogP contribution in [0.15, 0.2) is 60.3 Å². The van der Waals surface area contributed by atoms with Gasteiger partial charge in [-0.15, -0.1) is 0 Å². The Morgan fingerprint density at radius 3 is 2.24 bits per heavy atom. The third-order valence-electron chi connectivity index (χ3n) is 4.23. The van der Waals surface area contributed by atoms with E-state index in [4.69, 9.17) is 0 Å². The molecule has 126 valence electrons. The van der Waals surface area contributed by atoms with Crippen molar-refractivity contribution in [2.24, 2.45) is 0 Å². The second kappa shape index (κ2) is 7.26. The molecule has 0 aliphatic heterocycles. The highest BCUT2D eigenvalue weighted by Gasteiger charge is 2.33. The van der Waals surface area contributed by atoms with Crippen molar-refractivity contribution in [2.45, 2.75) is 26.2 Å². The molecule has 0 fully saturated rings. The molecule has 0 bridgehead atoms. The molecule has 4 heteroatoms. The Morgan fingerprint density at radius 2 is 1.56 bits per heavy atom. The molecule has 0 aromatic heterocycles. The smallest absolute Gasteiger partial charge is 0.255 e. The van der Waals surface area contributed by atoms with Crippen LogP contribution in [-0.4, -0.2) is 17.5 Å². The maximum absolute atomic E-state index is 12.7. The van der Waals surface area contributed by atoms with Gasteiger partial charge in [0, 0.05) is 17.5 Å². The monoisotopic (exact) mass is 333 g/mol. The SMILES string of the molecule is CCCCC(=O)C1=C(NC(=O)c2ccccc2)C(=O)c2ccccc21. The lowest BCUT2D eigenvalue weighted by Gasteiger charge is -2.08. The van der Waals surface area contributed by atoms with Crippen molar-refractivity contribution in [1.29, 1.82) is 0 Å². The summed E-state index contributed by atoms with van der Waals surface area (Å²) >= 11 is 0. The van der Waals surface area contributed by atoms with Crippen molar-refractivity contribution in [1.82, 2.24) is 5.32 Å². The zero-order valence-electron chi connectivity index (χ0n) is 14.0. The van der Waals surface area contributed by atoms with Crippen LogP contribution in [0.5, 0.6) is 0 Å². The number of Topliss-reactive ketones (excluding diaryl/α,β-unsaturated/α-hetero) is 2. The number of amides is 1. The Hall–Kier alpha value is -3.01. The van der Waals surface area contributed by atoms with Crippen molar-refractivity contribution in [2.75, 3.05) is 0 Å². The first-order valence-corrected chi connectivity index (χ1v) is 8.41. The molecule has 1 amide bonds. The number of unbranched alkanes of at least 4 members (excludes halogenated alkanes) is 1. The van der Waals surface area contributed by atoms with Gasteiger partial charge in [-0.1, -0.05) is 55.8 Å². The first kappa shape index (κ1) is 16.8. The fourth-order valence-electron chi connectivity index (χ4n) is 2.93. The molecule has 0 heterocycles. The van der Waals surface area contributed by atoms with E-state index in [1.807, 2.05) is 13.0 Å². The summed E-state index contributed by atoms with van der Waals surface area (Å²) in [5.74, 6) is -0.805. The number of carbonyl (C=O) groups excluding carboxylic acids is 3. The lowest BCUT2D eigenvalue weighted by Crippen LogP contribution is -2.27. The van der Waals surface area contributed by atoms with Gasteiger partial charge in [0.05, 0.1) is 5.57 Å². The van der Waals surface area contributed by atoms with E-state index in [0.717, 1.165) is 12.8 Å². The molecule has 1 aliphatic rings. The molecular formula is C21H19NO3. The Kier molecular flexibility index (Phi) is 4.89. The molecule has 2 aromatic rings. The van der Waals surface area contributed by atoms with Crippen molar-refractivity contribution in [3.63, 3.8) is 0 Å². The van der Waals surface area contributed by atoms with E-state index in [1.165, 1.54) is 0 Å². The van der Waals surface area contributed by atoms with Gasteiger partial charge in [-0.05, 0) is 24.1 Å². The van der Waals surface area contributed by atoms with Gasteiger partial charge < -0.3 is 5.32 Å². The summed E-state index contributed by atoms with van der Waals surface area (Å²) in [7, 11) is 0. The standard InChI is InChI=1S/C21H19NO3/c1-2-3-13-17(23)18-15-11-7-8-12-16(15)20(24)19(18)22-21(25)14-9-5-4-6-10-14/h4-12H,2-3,13H2,1H3,(H,22,24,25). The molecule has 2 aromatic carbocycles. The predicted octanol–water partition coefficient (Wildman–Crippen LogP) is 3.78. The highest BCUT2D eigenvalue weighted by molar-refractivity contribution is 6.36. The number of benzene rings is 2. The average Bonchev–Trinajstić information content (AvgIpc) is 2.93. The molecule has 0 saturated heterocycles. The Labute approximate surface area is 146 Å². The molecule has 4 nitrogen and oxygen atoms in total. The Morgan fingerprint density at radius 1 is 0.920 bits per heavy atom. The fourth-order valence-corrected chi connectivity index (χ4v) is 2.93. The zero-order chi connectivity index (χ0) is 17.8. The van der Waals surface area contributed by atoms with Crippen LogP contribution in [0.4, 0.5) is 0 Å². The number of ketones is 2. The minimum Gasteiger partial charge on any atom is -0.318 e. The van der Waals surface area contributed by atoms with Crippen molar-refractivity contribution < 1.29 is 14.4 Å². The molecule has 0 atom stereocenters. The lowest BCUT2D eigenvalue weighted by molar-refractivity contribution is -0.113. The van der Waals surface area contributed by atoms with Crippen LogP contribution in [-0.2, 0) is 4.79 Å². The maximum Gasteiger partial charge on any atom is 0.255 e. The number of rotatable bonds is 6.